The number of rotatable bonds is 10. The molecule has 2 rings (SSSR count). The molecule has 28 heavy (non-hydrogen) atoms. The van der Waals surface area contributed by atoms with E-state index in [1.54, 1.807) is 16.7 Å². The van der Waals surface area contributed by atoms with Crippen molar-refractivity contribution in [1.82, 2.24) is 10.2 Å². The molecule has 4 nitrogen and oxygen atoms in total. The molecule has 0 unspecified atom stereocenters. The van der Waals surface area contributed by atoms with Gasteiger partial charge in [-0.05, 0) is 38.0 Å². The van der Waals surface area contributed by atoms with Crippen LogP contribution in [0.25, 0.3) is 0 Å². The van der Waals surface area contributed by atoms with Gasteiger partial charge in [0.15, 0.2) is 0 Å². The Kier molecular flexibility index (Phi) is 9.08. The number of nitrogens with one attached hydrogen (secondary N) is 1. The van der Waals surface area contributed by atoms with Crippen molar-refractivity contribution in [3.05, 3.63) is 65.7 Å². The number of likely N-dealkylation sites (N-methyl/N-ethyl adjacent to an activating group) is 1. The molecule has 0 aromatic heterocycles. The van der Waals surface area contributed by atoms with Crippen LogP contribution in [0.1, 0.15) is 37.8 Å². The molecule has 0 aliphatic rings. The SMILES string of the molecule is CCNC(=O)[C@H](CC)N(Cc1ccccc1)C(=O)CCSc1ccc(C)cc1. The number of hydrogen-bond donors (Lipinski definition) is 1. The molecule has 0 saturated heterocycles. The Morgan fingerprint density at radius 3 is 2.32 bits per heavy atom. The molecule has 0 aliphatic carbocycles. The molecule has 2 amide bonds. The molecule has 0 bridgehead atoms. The first-order chi connectivity index (χ1) is 13.5. The van der Waals surface area contributed by atoms with Crippen LogP contribution in [-0.2, 0) is 16.1 Å². The van der Waals surface area contributed by atoms with Gasteiger partial charge in [-0.25, -0.2) is 0 Å². The molecule has 0 aliphatic heterocycles. The second kappa shape index (κ2) is 11.5. The minimum absolute atomic E-state index is 0.0153. The maximum Gasteiger partial charge on any atom is 0.242 e. The lowest BCUT2D eigenvalue weighted by Crippen LogP contribution is -2.49. The van der Waals surface area contributed by atoms with Crippen molar-refractivity contribution in [2.45, 2.75) is 51.1 Å². The summed E-state index contributed by atoms with van der Waals surface area (Å²) in [5.74, 6) is 0.626. The Morgan fingerprint density at radius 1 is 1.04 bits per heavy atom. The van der Waals surface area contributed by atoms with Crippen LogP contribution in [-0.4, -0.2) is 35.1 Å². The van der Waals surface area contributed by atoms with Gasteiger partial charge in [0.25, 0.3) is 0 Å². The number of carbonyl (C=O) groups excluding carboxylic acids is 2. The molecule has 0 radical (unpaired) electrons. The summed E-state index contributed by atoms with van der Waals surface area (Å²) >= 11 is 1.67. The number of carbonyl (C=O) groups is 2. The van der Waals surface area contributed by atoms with E-state index in [1.165, 1.54) is 5.56 Å². The van der Waals surface area contributed by atoms with E-state index in [4.69, 9.17) is 0 Å². The molecule has 1 atom stereocenters. The average Bonchev–Trinajstić information content (AvgIpc) is 2.70. The lowest BCUT2D eigenvalue weighted by molar-refractivity contribution is -0.141. The number of aryl methyl sites for hydroxylation is 1. The van der Waals surface area contributed by atoms with Crippen LogP contribution in [0, 0.1) is 6.92 Å². The van der Waals surface area contributed by atoms with Crippen molar-refractivity contribution in [2.75, 3.05) is 12.3 Å². The maximum absolute atomic E-state index is 13.0. The molecule has 0 spiro atoms. The molecule has 1 N–H and O–H groups in total. The highest BCUT2D eigenvalue weighted by Crippen LogP contribution is 2.21. The third-order valence-electron chi connectivity index (χ3n) is 4.54. The Bertz CT molecular complexity index is 747. The predicted octanol–water partition coefficient (Wildman–Crippen LogP) is 4.42. The van der Waals surface area contributed by atoms with Gasteiger partial charge in [-0.1, -0.05) is 55.0 Å². The second-order valence-electron chi connectivity index (χ2n) is 6.74. The number of amides is 2. The summed E-state index contributed by atoms with van der Waals surface area (Å²) in [5.41, 5.74) is 2.26. The quantitative estimate of drug-likeness (QED) is 0.603. The minimum atomic E-state index is -0.447. The summed E-state index contributed by atoms with van der Waals surface area (Å²) in [4.78, 5) is 28.4. The first-order valence-corrected chi connectivity index (χ1v) is 10.8. The van der Waals surface area contributed by atoms with Crippen LogP contribution >= 0.6 is 11.8 Å². The fraction of sp³-hybridized carbons (Fsp3) is 0.391. The average molecular weight is 399 g/mol. The van der Waals surface area contributed by atoms with Crippen LogP contribution in [0.5, 0.6) is 0 Å². The van der Waals surface area contributed by atoms with E-state index in [2.05, 4.69) is 36.5 Å². The Labute approximate surface area is 172 Å². The zero-order chi connectivity index (χ0) is 20.4. The maximum atomic E-state index is 13.0. The molecule has 0 saturated carbocycles. The van der Waals surface area contributed by atoms with Crippen molar-refractivity contribution < 1.29 is 9.59 Å². The van der Waals surface area contributed by atoms with Crippen LogP contribution < -0.4 is 5.32 Å². The van der Waals surface area contributed by atoms with Crippen molar-refractivity contribution in [1.29, 1.82) is 0 Å². The summed E-state index contributed by atoms with van der Waals surface area (Å²) in [7, 11) is 0. The van der Waals surface area contributed by atoms with Crippen molar-refractivity contribution in [2.24, 2.45) is 0 Å². The van der Waals surface area contributed by atoms with Crippen LogP contribution in [0.15, 0.2) is 59.5 Å². The summed E-state index contributed by atoms with van der Waals surface area (Å²) in [6, 6.07) is 17.7. The zero-order valence-electron chi connectivity index (χ0n) is 17.0. The second-order valence-corrected chi connectivity index (χ2v) is 7.91. The topological polar surface area (TPSA) is 49.4 Å². The summed E-state index contributed by atoms with van der Waals surface area (Å²) < 4.78 is 0. The summed E-state index contributed by atoms with van der Waals surface area (Å²) in [6.45, 7) is 6.92. The smallest absolute Gasteiger partial charge is 0.242 e. The van der Waals surface area contributed by atoms with Gasteiger partial charge in [-0.15, -0.1) is 11.8 Å². The third kappa shape index (κ3) is 6.71. The van der Waals surface area contributed by atoms with Gasteiger partial charge in [-0.2, -0.15) is 0 Å². The van der Waals surface area contributed by atoms with E-state index in [-0.39, 0.29) is 11.8 Å². The first-order valence-electron chi connectivity index (χ1n) is 9.85. The van der Waals surface area contributed by atoms with Crippen LogP contribution in [0.3, 0.4) is 0 Å². The standard InChI is InChI=1S/C23H30N2O2S/c1-4-21(23(27)24-5-2)25(17-19-9-7-6-8-10-19)22(26)15-16-28-20-13-11-18(3)12-14-20/h6-14,21H,4-5,15-17H2,1-3H3,(H,24,27)/t21-/m0/s1. The normalized spacial score (nSPS) is 11.7. The molecule has 5 heteroatoms. The summed E-state index contributed by atoms with van der Waals surface area (Å²) in [5, 5.41) is 2.87. The predicted molar refractivity (Wildman–Crippen MR) is 116 cm³/mol. The van der Waals surface area contributed by atoms with E-state index in [0.29, 0.717) is 31.7 Å². The van der Waals surface area contributed by atoms with Gasteiger partial charge in [0, 0.05) is 30.2 Å². The number of benzene rings is 2. The lowest BCUT2D eigenvalue weighted by atomic mass is 10.1. The molecular formula is C23H30N2O2S. The highest BCUT2D eigenvalue weighted by molar-refractivity contribution is 7.99. The van der Waals surface area contributed by atoms with E-state index in [1.807, 2.05) is 44.2 Å². The fourth-order valence-electron chi connectivity index (χ4n) is 3.03. The largest absolute Gasteiger partial charge is 0.355 e. The number of thioether (sulfide) groups is 1. The molecule has 2 aromatic rings. The van der Waals surface area contributed by atoms with E-state index < -0.39 is 6.04 Å². The van der Waals surface area contributed by atoms with E-state index in [0.717, 1.165) is 10.5 Å². The van der Waals surface area contributed by atoms with E-state index in [9.17, 15) is 9.59 Å². The Balaban J connectivity index is 2.06. The summed E-state index contributed by atoms with van der Waals surface area (Å²) in [6.07, 6.45) is 0.997. The van der Waals surface area contributed by atoms with Crippen molar-refractivity contribution in [3.8, 4) is 0 Å². The molecular weight excluding hydrogens is 368 g/mol. The Hall–Kier alpha value is -2.27. The lowest BCUT2D eigenvalue weighted by Gasteiger charge is -2.30. The molecule has 0 heterocycles. The van der Waals surface area contributed by atoms with Gasteiger partial charge >= 0.3 is 0 Å². The fourth-order valence-corrected chi connectivity index (χ4v) is 3.87. The zero-order valence-corrected chi connectivity index (χ0v) is 17.8. The Morgan fingerprint density at radius 2 is 1.71 bits per heavy atom. The monoisotopic (exact) mass is 398 g/mol. The number of nitrogens with zero attached hydrogens (tertiary/aromatic N) is 1. The van der Waals surface area contributed by atoms with Crippen LogP contribution in [0.2, 0.25) is 0 Å². The minimum Gasteiger partial charge on any atom is -0.355 e. The first kappa shape index (κ1) is 22.0. The molecule has 150 valence electrons. The van der Waals surface area contributed by atoms with Gasteiger partial charge in [0.1, 0.15) is 6.04 Å². The molecule has 2 aromatic carbocycles. The van der Waals surface area contributed by atoms with Gasteiger partial charge in [0.2, 0.25) is 11.8 Å². The third-order valence-corrected chi connectivity index (χ3v) is 5.55. The molecule has 0 fully saturated rings. The highest BCUT2D eigenvalue weighted by Gasteiger charge is 2.27. The van der Waals surface area contributed by atoms with Gasteiger partial charge < -0.3 is 10.2 Å². The van der Waals surface area contributed by atoms with E-state index >= 15 is 0 Å². The van der Waals surface area contributed by atoms with Crippen molar-refractivity contribution >= 4 is 23.6 Å². The van der Waals surface area contributed by atoms with Crippen molar-refractivity contribution in [3.63, 3.8) is 0 Å². The van der Waals surface area contributed by atoms with Gasteiger partial charge in [-0.3, -0.25) is 9.59 Å². The highest BCUT2D eigenvalue weighted by atomic mass is 32.2. The van der Waals surface area contributed by atoms with Gasteiger partial charge in [0.05, 0.1) is 0 Å². The number of hydrogen-bond acceptors (Lipinski definition) is 3. The van der Waals surface area contributed by atoms with Crippen LogP contribution in [0.4, 0.5) is 0 Å².